The second-order valence-electron chi connectivity index (χ2n) is 5.22. The van der Waals surface area contributed by atoms with Gasteiger partial charge >= 0.3 is 5.97 Å². The quantitative estimate of drug-likeness (QED) is 0.727. The lowest BCUT2D eigenvalue weighted by Gasteiger charge is -2.13. The van der Waals surface area contributed by atoms with Crippen LogP contribution >= 0.6 is 0 Å². The van der Waals surface area contributed by atoms with Crippen LogP contribution in [0.4, 0.5) is 0 Å². The highest BCUT2D eigenvalue weighted by molar-refractivity contribution is 5.83. The molecule has 7 heteroatoms. The molecule has 1 amide bonds. The zero-order chi connectivity index (χ0) is 17.4. The molecule has 2 aromatic rings. The van der Waals surface area contributed by atoms with Gasteiger partial charge in [0.15, 0.2) is 11.7 Å². The van der Waals surface area contributed by atoms with Gasteiger partial charge in [0.2, 0.25) is 5.91 Å². The molecule has 2 N–H and O–H groups in total. The first-order valence-corrected chi connectivity index (χ1v) is 7.61. The number of aryl methyl sites for hydroxylation is 1. The fourth-order valence-corrected chi connectivity index (χ4v) is 2.14. The lowest BCUT2D eigenvalue weighted by Crippen LogP contribution is -2.41. The highest BCUT2D eigenvalue weighted by Gasteiger charge is 2.19. The SMILES string of the molecule is COCCC(NC(=O)CCc1ncc(-c2ccccc2)o1)C(=O)O. The van der Waals surface area contributed by atoms with Crippen molar-refractivity contribution in [3.8, 4) is 11.3 Å². The number of hydrogen-bond donors (Lipinski definition) is 2. The van der Waals surface area contributed by atoms with Crippen molar-refractivity contribution in [1.82, 2.24) is 10.3 Å². The Hall–Kier alpha value is -2.67. The second kappa shape index (κ2) is 8.83. The Bertz CT molecular complexity index is 669. The van der Waals surface area contributed by atoms with E-state index < -0.39 is 12.0 Å². The van der Waals surface area contributed by atoms with E-state index in [0.29, 0.717) is 18.1 Å². The van der Waals surface area contributed by atoms with Gasteiger partial charge in [0, 0.05) is 38.5 Å². The van der Waals surface area contributed by atoms with Gasteiger partial charge in [0.25, 0.3) is 0 Å². The molecule has 0 fully saturated rings. The smallest absolute Gasteiger partial charge is 0.326 e. The van der Waals surface area contributed by atoms with Crippen molar-refractivity contribution >= 4 is 11.9 Å². The highest BCUT2D eigenvalue weighted by Crippen LogP contribution is 2.20. The fourth-order valence-electron chi connectivity index (χ4n) is 2.14. The Morgan fingerprint density at radius 3 is 2.75 bits per heavy atom. The summed E-state index contributed by atoms with van der Waals surface area (Å²) in [5.74, 6) is -0.372. The molecular weight excluding hydrogens is 312 g/mol. The average molecular weight is 332 g/mol. The number of oxazole rings is 1. The normalized spacial score (nSPS) is 11.9. The Morgan fingerprint density at radius 2 is 2.08 bits per heavy atom. The van der Waals surface area contributed by atoms with E-state index in [0.717, 1.165) is 5.56 Å². The lowest BCUT2D eigenvalue weighted by molar-refractivity contribution is -0.142. The number of carbonyl (C=O) groups excluding carboxylic acids is 1. The maximum absolute atomic E-state index is 11.9. The minimum Gasteiger partial charge on any atom is -0.480 e. The van der Waals surface area contributed by atoms with E-state index in [1.54, 1.807) is 6.20 Å². The molecule has 0 bridgehead atoms. The summed E-state index contributed by atoms with van der Waals surface area (Å²) in [4.78, 5) is 27.1. The van der Waals surface area contributed by atoms with Gasteiger partial charge in [0.1, 0.15) is 6.04 Å². The molecule has 128 valence electrons. The van der Waals surface area contributed by atoms with Crippen molar-refractivity contribution in [3.05, 3.63) is 42.4 Å². The first-order valence-electron chi connectivity index (χ1n) is 7.61. The van der Waals surface area contributed by atoms with Crippen LogP contribution in [0.1, 0.15) is 18.7 Å². The first-order chi connectivity index (χ1) is 11.6. The number of carboxylic acid groups (broad SMARTS) is 1. The average Bonchev–Trinajstić information content (AvgIpc) is 3.06. The van der Waals surface area contributed by atoms with Crippen LogP contribution in [0.5, 0.6) is 0 Å². The number of aliphatic carboxylic acids is 1. The van der Waals surface area contributed by atoms with Crippen LogP contribution in [0.2, 0.25) is 0 Å². The third-order valence-electron chi connectivity index (χ3n) is 3.42. The molecule has 1 aromatic carbocycles. The minimum absolute atomic E-state index is 0.103. The molecule has 24 heavy (non-hydrogen) atoms. The predicted molar refractivity (Wildman–Crippen MR) is 86.3 cm³/mol. The molecule has 7 nitrogen and oxygen atoms in total. The standard InChI is InChI=1S/C17H20N2O5/c1-23-10-9-13(17(21)22)19-15(20)7-8-16-18-11-14(24-16)12-5-3-2-4-6-12/h2-6,11,13H,7-10H2,1H3,(H,19,20)(H,21,22). The number of carbonyl (C=O) groups is 2. The first kappa shape index (κ1) is 17.7. The van der Waals surface area contributed by atoms with Crippen LogP contribution in [0, 0.1) is 0 Å². The van der Waals surface area contributed by atoms with Crippen molar-refractivity contribution in [3.63, 3.8) is 0 Å². The van der Waals surface area contributed by atoms with Gasteiger partial charge in [-0.15, -0.1) is 0 Å². The number of aromatic nitrogens is 1. The van der Waals surface area contributed by atoms with Gasteiger partial charge in [-0.05, 0) is 0 Å². The molecule has 2 rings (SSSR count). The zero-order valence-corrected chi connectivity index (χ0v) is 13.4. The number of nitrogens with zero attached hydrogens (tertiary/aromatic N) is 1. The summed E-state index contributed by atoms with van der Waals surface area (Å²) in [7, 11) is 1.48. The maximum atomic E-state index is 11.9. The van der Waals surface area contributed by atoms with Crippen molar-refractivity contribution in [2.45, 2.75) is 25.3 Å². The lowest BCUT2D eigenvalue weighted by atomic mass is 10.2. The van der Waals surface area contributed by atoms with E-state index in [4.69, 9.17) is 14.3 Å². The van der Waals surface area contributed by atoms with Gasteiger partial charge in [0.05, 0.1) is 6.20 Å². The Morgan fingerprint density at radius 1 is 1.33 bits per heavy atom. The van der Waals surface area contributed by atoms with E-state index in [1.807, 2.05) is 30.3 Å². The third-order valence-corrected chi connectivity index (χ3v) is 3.42. The van der Waals surface area contributed by atoms with Crippen LogP contribution in [-0.4, -0.2) is 41.7 Å². The summed E-state index contributed by atoms with van der Waals surface area (Å²) in [5, 5.41) is 11.5. The summed E-state index contributed by atoms with van der Waals surface area (Å²) in [6, 6.07) is 8.57. The maximum Gasteiger partial charge on any atom is 0.326 e. The Balaban J connectivity index is 1.85. The Kier molecular flexibility index (Phi) is 6.51. The molecule has 1 aromatic heterocycles. The number of hydrogen-bond acceptors (Lipinski definition) is 5. The van der Waals surface area contributed by atoms with E-state index in [-0.39, 0.29) is 25.4 Å². The third kappa shape index (κ3) is 5.20. The number of nitrogens with one attached hydrogen (secondary N) is 1. The van der Waals surface area contributed by atoms with Gasteiger partial charge in [-0.1, -0.05) is 30.3 Å². The molecule has 0 aliphatic rings. The molecular formula is C17H20N2O5. The number of methoxy groups -OCH3 is 1. The number of benzene rings is 1. The van der Waals surface area contributed by atoms with Crippen LogP contribution in [-0.2, 0) is 20.7 Å². The molecule has 0 aliphatic carbocycles. The molecule has 0 saturated heterocycles. The molecule has 1 unspecified atom stereocenters. The predicted octanol–water partition coefficient (Wildman–Crippen LogP) is 1.88. The molecule has 0 spiro atoms. The number of ether oxygens (including phenoxy) is 1. The number of rotatable bonds is 9. The van der Waals surface area contributed by atoms with Crippen LogP contribution in [0.3, 0.4) is 0 Å². The van der Waals surface area contributed by atoms with Crippen LogP contribution in [0.25, 0.3) is 11.3 Å². The summed E-state index contributed by atoms with van der Waals surface area (Å²) >= 11 is 0. The second-order valence-corrected chi connectivity index (χ2v) is 5.22. The minimum atomic E-state index is -1.08. The number of carboxylic acids is 1. The monoisotopic (exact) mass is 332 g/mol. The van der Waals surface area contributed by atoms with E-state index in [9.17, 15) is 9.59 Å². The summed E-state index contributed by atoms with van der Waals surface area (Å²) in [6.07, 6.45) is 2.23. The van der Waals surface area contributed by atoms with Crippen molar-refractivity contribution in [1.29, 1.82) is 0 Å². The van der Waals surface area contributed by atoms with Crippen molar-refractivity contribution in [2.75, 3.05) is 13.7 Å². The van der Waals surface area contributed by atoms with Crippen molar-refractivity contribution < 1.29 is 23.8 Å². The molecule has 0 saturated carbocycles. The van der Waals surface area contributed by atoms with Gasteiger partial charge < -0.3 is 19.6 Å². The molecule has 0 radical (unpaired) electrons. The van der Waals surface area contributed by atoms with Crippen LogP contribution < -0.4 is 5.32 Å². The summed E-state index contributed by atoms with van der Waals surface area (Å²) < 4.78 is 10.4. The van der Waals surface area contributed by atoms with E-state index in [1.165, 1.54) is 7.11 Å². The number of amides is 1. The van der Waals surface area contributed by atoms with Gasteiger partial charge in [-0.3, -0.25) is 4.79 Å². The van der Waals surface area contributed by atoms with Crippen LogP contribution in [0.15, 0.2) is 40.9 Å². The summed E-state index contributed by atoms with van der Waals surface area (Å²) in [6.45, 7) is 0.261. The zero-order valence-electron chi connectivity index (χ0n) is 13.4. The van der Waals surface area contributed by atoms with E-state index in [2.05, 4.69) is 10.3 Å². The molecule has 0 aliphatic heterocycles. The van der Waals surface area contributed by atoms with E-state index >= 15 is 0 Å². The van der Waals surface area contributed by atoms with Gasteiger partial charge in [-0.25, -0.2) is 9.78 Å². The molecule has 1 atom stereocenters. The largest absolute Gasteiger partial charge is 0.480 e. The highest BCUT2D eigenvalue weighted by atomic mass is 16.5. The Labute approximate surface area is 139 Å². The summed E-state index contributed by atoms with van der Waals surface area (Å²) in [5.41, 5.74) is 0.909. The topological polar surface area (TPSA) is 102 Å². The molecule has 1 heterocycles. The van der Waals surface area contributed by atoms with Gasteiger partial charge in [-0.2, -0.15) is 0 Å². The fraction of sp³-hybridized carbons (Fsp3) is 0.353. The van der Waals surface area contributed by atoms with Crippen molar-refractivity contribution in [2.24, 2.45) is 0 Å².